The van der Waals surface area contributed by atoms with Crippen LogP contribution in [0, 0.1) is 29.6 Å². The number of hydrogen-bond acceptors (Lipinski definition) is 9. The van der Waals surface area contributed by atoms with Gasteiger partial charge in [0.2, 0.25) is 5.91 Å². The van der Waals surface area contributed by atoms with Crippen molar-refractivity contribution in [2.75, 3.05) is 27.7 Å². The standard InChI is InChI=1S/C31H38F3N3O7/c1-36(2)24-18-10-15-9-17-21(25(39)20(15)27(41)30(18,44)28(42)22(26(24)40)29(35)43)19(38)11-16(23(17)31(32,33)34)13-37(3)12-14-7-5-4-6-8-14/h11,14-15,18,20,22,24,38,44H,4-10,12-13H2,1-3H3,(H2,35,43)/t15-,18-,20?,22?,24-,30-/m0/s1. The van der Waals surface area contributed by atoms with E-state index in [4.69, 9.17) is 5.73 Å². The Morgan fingerprint density at radius 1 is 1.07 bits per heavy atom. The molecule has 10 nitrogen and oxygen atoms in total. The molecule has 2 unspecified atom stereocenters. The highest BCUT2D eigenvalue weighted by molar-refractivity contribution is 6.32. The summed E-state index contributed by atoms with van der Waals surface area (Å²) in [5, 5.41) is 22.6. The Morgan fingerprint density at radius 3 is 2.27 bits per heavy atom. The van der Waals surface area contributed by atoms with E-state index < -0.39 is 99.4 Å². The van der Waals surface area contributed by atoms with Gasteiger partial charge in [-0.25, -0.2) is 0 Å². The second-order valence-corrected chi connectivity index (χ2v) is 13.3. The fraction of sp³-hybridized carbons (Fsp3) is 0.645. The number of fused-ring (bicyclic) bond motifs is 3. The van der Waals surface area contributed by atoms with E-state index in [0.717, 1.165) is 38.2 Å². The largest absolute Gasteiger partial charge is 0.507 e. The first-order chi connectivity index (χ1) is 20.5. The zero-order valence-electron chi connectivity index (χ0n) is 24.9. The van der Waals surface area contributed by atoms with Crippen LogP contribution in [0.5, 0.6) is 5.75 Å². The van der Waals surface area contributed by atoms with Gasteiger partial charge in [0.15, 0.2) is 34.7 Å². The predicted molar refractivity (Wildman–Crippen MR) is 149 cm³/mol. The van der Waals surface area contributed by atoms with Gasteiger partial charge in [0.25, 0.3) is 0 Å². The molecule has 44 heavy (non-hydrogen) atoms. The number of phenols is 1. The molecule has 1 amide bonds. The van der Waals surface area contributed by atoms with Gasteiger partial charge in [-0.15, -0.1) is 0 Å². The maximum atomic E-state index is 14.8. The molecule has 5 rings (SSSR count). The van der Waals surface area contributed by atoms with Crippen molar-refractivity contribution in [1.82, 2.24) is 9.80 Å². The summed E-state index contributed by atoms with van der Waals surface area (Å²) >= 11 is 0. The Kier molecular flexibility index (Phi) is 8.30. The minimum atomic E-state index is -4.90. The number of ketones is 4. The Bertz CT molecular complexity index is 1420. The summed E-state index contributed by atoms with van der Waals surface area (Å²) in [4.78, 5) is 69.5. The van der Waals surface area contributed by atoms with Crippen LogP contribution in [0.15, 0.2) is 6.07 Å². The van der Waals surface area contributed by atoms with Crippen LogP contribution in [-0.4, -0.2) is 88.4 Å². The number of aromatic hydroxyl groups is 1. The Hall–Kier alpha value is -3.16. The highest BCUT2D eigenvalue weighted by Crippen LogP contribution is 2.52. The summed E-state index contributed by atoms with van der Waals surface area (Å²) in [5.74, 6) is -12.9. The topological polar surface area (TPSA) is 158 Å². The van der Waals surface area contributed by atoms with E-state index in [9.17, 15) is 47.4 Å². The van der Waals surface area contributed by atoms with Crippen LogP contribution in [0.2, 0.25) is 0 Å². The Balaban J connectivity index is 1.57. The molecule has 3 fully saturated rings. The summed E-state index contributed by atoms with van der Waals surface area (Å²) in [6.45, 7) is 0.448. The number of nitrogens with two attached hydrogens (primary N) is 1. The number of benzene rings is 1. The third-order valence-corrected chi connectivity index (χ3v) is 10.2. The lowest BCUT2D eigenvalue weighted by Gasteiger charge is -2.52. The first kappa shape index (κ1) is 32.2. The van der Waals surface area contributed by atoms with Gasteiger partial charge in [-0.2, -0.15) is 13.2 Å². The number of primary amides is 1. The van der Waals surface area contributed by atoms with Gasteiger partial charge in [-0.1, -0.05) is 19.3 Å². The summed E-state index contributed by atoms with van der Waals surface area (Å²) in [6, 6.07) is -0.426. The zero-order chi connectivity index (χ0) is 32.5. The molecule has 3 saturated carbocycles. The van der Waals surface area contributed by atoms with E-state index in [1.165, 1.54) is 19.0 Å². The van der Waals surface area contributed by atoms with Crippen LogP contribution in [0.1, 0.15) is 65.6 Å². The van der Waals surface area contributed by atoms with E-state index in [1.54, 1.807) is 11.9 Å². The Morgan fingerprint density at radius 2 is 1.70 bits per heavy atom. The molecule has 1 aromatic carbocycles. The molecule has 0 aromatic heterocycles. The van der Waals surface area contributed by atoms with Crippen molar-refractivity contribution in [2.45, 2.75) is 69.3 Å². The average Bonchev–Trinajstić information content (AvgIpc) is 2.90. The van der Waals surface area contributed by atoms with Crippen LogP contribution >= 0.6 is 0 Å². The van der Waals surface area contributed by atoms with Crippen LogP contribution < -0.4 is 5.73 Å². The second kappa shape index (κ2) is 11.3. The number of phenolic OH excluding ortho intramolecular Hbond substituents is 1. The molecule has 0 spiro atoms. The lowest BCUT2D eigenvalue weighted by molar-refractivity contribution is -0.181. The van der Waals surface area contributed by atoms with Crippen LogP contribution in [0.3, 0.4) is 0 Å². The summed E-state index contributed by atoms with van der Waals surface area (Å²) < 4.78 is 44.3. The molecule has 4 aliphatic carbocycles. The molecule has 4 aliphatic rings. The van der Waals surface area contributed by atoms with Gasteiger partial charge in [-0.3, -0.25) is 28.9 Å². The number of nitrogens with zero attached hydrogens (tertiary/aromatic N) is 2. The smallest absolute Gasteiger partial charge is 0.417 e. The monoisotopic (exact) mass is 621 g/mol. The maximum Gasteiger partial charge on any atom is 0.417 e. The second-order valence-electron chi connectivity index (χ2n) is 13.3. The summed E-state index contributed by atoms with van der Waals surface area (Å²) in [6.07, 6.45) is -0.419. The van der Waals surface area contributed by atoms with E-state index in [0.29, 0.717) is 12.5 Å². The highest BCUT2D eigenvalue weighted by Gasteiger charge is 2.69. The van der Waals surface area contributed by atoms with Crippen molar-refractivity contribution < 1.29 is 47.4 Å². The van der Waals surface area contributed by atoms with Crippen molar-refractivity contribution in [2.24, 2.45) is 35.3 Å². The number of carbonyl (C=O) groups is 5. The quantitative estimate of drug-likeness (QED) is 0.404. The number of hydrogen-bond donors (Lipinski definition) is 3. The van der Waals surface area contributed by atoms with Gasteiger partial charge in [0, 0.05) is 19.0 Å². The lowest BCUT2D eigenvalue weighted by Crippen LogP contribution is -2.74. The number of Topliss-reactive ketones (excluding diaryl/α,β-unsaturated/α-hetero) is 4. The van der Waals surface area contributed by atoms with Crippen molar-refractivity contribution in [1.29, 1.82) is 0 Å². The molecule has 6 atom stereocenters. The minimum absolute atomic E-state index is 0.129. The number of carbonyl (C=O) groups excluding carboxylic acids is 5. The van der Waals surface area contributed by atoms with Gasteiger partial charge in [0.1, 0.15) is 5.75 Å². The van der Waals surface area contributed by atoms with E-state index in [2.05, 4.69) is 0 Å². The van der Waals surface area contributed by atoms with Crippen molar-refractivity contribution >= 4 is 29.0 Å². The highest BCUT2D eigenvalue weighted by atomic mass is 19.4. The molecule has 0 bridgehead atoms. The average molecular weight is 622 g/mol. The van der Waals surface area contributed by atoms with Gasteiger partial charge < -0.3 is 20.8 Å². The van der Waals surface area contributed by atoms with E-state index in [-0.39, 0.29) is 18.5 Å². The summed E-state index contributed by atoms with van der Waals surface area (Å²) in [7, 11) is 4.58. The molecule has 0 heterocycles. The number of amides is 1. The molecule has 0 saturated heterocycles. The molecule has 1 aromatic rings. The minimum Gasteiger partial charge on any atom is -0.507 e. The normalized spacial score (nSPS) is 31.2. The molecule has 240 valence electrons. The van der Waals surface area contributed by atoms with Crippen molar-refractivity contribution in [3.63, 3.8) is 0 Å². The van der Waals surface area contributed by atoms with E-state index in [1.807, 2.05) is 0 Å². The van der Waals surface area contributed by atoms with Gasteiger partial charge in [-0.05, 0) is 75.9 Å². The number of aliphatic hydroxyl groups is 1. The van der Waals surface area contributed by atoms with E-state index >= 15 is 0 Å². The summed E-state index contributed by atoms with van der Waals surface area (Å²) in [5.41, 5.74) is 0.0155. The zero-order valence-corrected chi connectivity index (χ0v) is 24.9. The third-order valence-electron chi connectivity index (χ3n) is 10.2. The molecule has 0 radical (unpaired) electrons. The molecular formula is C31H38F3N3O7. The first-order valence-electron chi connectivity index (χ1n) is 15.0. The predicted octanol–water partition coefficient (Wildman–Crippen LogP) is 1.90. The van der Waals surface area contributed by atoms with Crippen molar-refractivity contribution in [3.8, 4) is 5.75 Å². The van der Waals surface area contributed by atoms with Gasteiger partial charge >= 0.3 is 6.18 Å². The molecule has 4 N–H and O–H groups in total. The fourth-order valence-corrected chi connectivity index (χ4v) is 8.39. The number of alkyl halides is 3. The SMILES string of the molecule is CN(Cc1cc(O)c2c(c1C(F)(F)F)C[C@H]1C[C@H]3[C@H](N(C)C)C(=O)C(C(N)=O)C(=O)[C@@]3(O)C(=O)C1C2=O)CC1CCCCC1. The van der Waals surface area contributed by atoms with Crippen LogP contribution in [0.25, 0.3) is 0 Å². The molecule has 13 heteroatoms. The number of halogens is 3. The molecule has 0 aliphatic heterocycles. The fourth-order valence-electron chi connectivity index (χ4n) is 8.39. The Labute approximate surface area is 252 Å². The number of rotatable bonds is 6. The molecular weight excluding hydrogens is 583 g/mol. The number of likely N-dealkylation sites (N-methyl/N-ethyl adjacent to an activating group) is 1. The van der Waals surface area contributed by atoms with Gasteiger partial charge in [0.05, 0.1) is 23.1 Å². The third kappa shape index (κ3) is 5.06. The first-order valence-corrected chi connectivity index (χ1v) is 15.0. The van der Waals surface area contributed by atoms with Crippen molar-refractivity contribution in [3.05, 3.63) is 28.3 Å². The maximum absolute atomic E-state index is 14.8. The van der Waals surface area contributed by atoms with Crippen LogP contribution in [-0.2, 0) is 38.3 Å². The van der Waals surface area contributed by atoms with Crippen LogP contribution in [0.4, 0.5) is 13.2 Å². The lowest BCUT2D eigenvalue weighted by atomic mass is 9.52.